The van der Waals surface area contributed by atoms with Gasteiger partial charge in [0.15, 0.2) is 0 Å². The van der Waals surface area contributed by atoms with Crippen LogP contribution < -0.4 is 10.1 Å². The van der Waals surface area contributed by atoms with Crippen LogP contribution in [0.3, 0.4) is 0 Å². The van der Waals surface area contributed by atoms with Crippen LogP contribution in [-0.4, -0.2) is 43.3 Å². The Bertz CT molecular complexity index is 971. The lowest BCUT2D eigenvalue weighted by molar-refractivity contribution is -0.139. The minimum atomic E-state index is -3.26. The Kier molecular flexibility index (Phi) is 9.72. The zero-order valence-electron chi connectivity index (χ0n) is 18.2. The van der Waals surface area contributed by atoms with Gasteiger partial charge in [-0.05, 0) is 49.2 Å². The molecule has 0 bridgehead atoms. The van der Waals surface area contributed by atoms with Gasteiger partial charge in [0.2, 0.25) is 0 Å². The van der Waals surface area contributed by atoms with E-state index in [1.54, 1.807) is 44.2 Å². The summed E-state index contributed by atoms with van der Waals surface area (Å²) in [5, 5.41) is 12.4. The molecule has 2 rings (SSSR count). The average molecular weight is 484 g/mol. The van der Waals surface area contributed by atoms with Crippen LogP contribution in [0.2, 0.25) is 5.02 Å². The van der Waals surface area contributed by atoms with Gasteiger partial charge in [0.25, 0.3) is 5.91 Å². The number of hydrogen-bond donors (Lipinski definition) is 2. The van der Waals surface area contributed by atoms with Crippen LogP contribution in [0.1, 0.15) is 35.3 Å². The predicted octanol–water partition coefficient (Wildman–Crippen LogP) is 4.54. The second-order valence-electron chi connectivity index (χ2n) is 6.84. The lowest BCUT2D eigenvalue weighted by atomic mass is 10.0. The highest BCUT2D eigenvalue weighted by Gasteiger charge is 2.25. The molecule has 10 heteroatoms. The Morgan fingerprint density at radius 2 is 1.66 bits per heavy atom. The van der Waals surface area contributed by atoms with Crippen molar-refractivity contribution in [1.82, 2.24) is 5.32 Å². The Balaban J connectivity index is 2.08. The Morgan fingerprint density at radius 3 is 2.16 bits per heavy atom. The van der Waals surface area contributed by atoms with Crippen molar-refractivity contribution in [1.29, 1.82) is 0 Å². The topological polar surface area (TPSA) is 111 Å². The van der Waals surface area contributed by atoms with Crippen LogP contribution in [-0.2, 0) is 31.0 Å². The molecule has 174 valence electrons. The number of carbonyl (C=O) groups excluding carboxylic acids is 1. The van der Waals surface area contributed by atoms with E-state index in [9.17, 15) is 19.3 Å². The fourth-order valence-electron chi connectivity index (χ4n) is 3.02. The second-order valence-corrected chi connectivity index (χ2v) is 9.30. The van der Waals surface area contributed by atoms with Crippen molar-refractivity contribution in [2.75, 3.05) is 20.3 Å². The molecule has 0 spiro atoms. The number of carboxylic acids is 1. The molecule has 1 atom stereocenters. The van der Waals surface area contributed by atoms with E-state index in [4.69, 9.17) is 25.4 Å². The highest BCUT2D eigenvalue weighted by atomic mass is 35.5. The highest BCUT2D eigenvalue weighted by Crippen LogP contribution is 2.51. The molecule has 0 saturated carbocycles. The first-order valence-corrected chi connectivity index (χ1v) is 12.1. The van der Waals surface area contributed by atoms with Crippen molar-refractivity contribution in [3.63, 3.8) is 0 Å². The quantitative estimate of drug-likeness (QED) is 0.426. The van der Waals surface area contributed by atoms with Crippen molar-refractivity contribution in [2.45, 2.75) is 32.5 Å². The fourth-order valence-corrected chi connectivity index (χ4v) is 5.00. The van der Waals surface area contributed by atoms with Gasteiger partial charge in [-0.15, -0.1) is 0 Å². The summed E-state index contributed by atoms with van der Waals surface area (Å²) in [7, 11) is -1.78. The van der Waals surface area contributed by atoms with Gasteiger partial charge in [-0.3, -0.25) is 9.36 Å². The monoisotopic (exact) mass is 483 g/mol. The standard InChI is InChI=1S/C22H27ClNO7P/c1-4-30-32(28,31-5-2)14-15-6-9-17(10-7-15)21(25)24-19(22(26)27)13-16-8-11-20(29-3)18(23)12-16/h6-12,19H,4-5,13-14H2,1-3H3,(H,24,25)(H,26,27)/t19-/m0/s1. The summed E-state index contributed by atoms with van der Waals surface area (Å²) >= 11 is 6.10. The normalized spacial score (nSPS) is 12.2. The summed E-state index contributed by atoms with van der Waals surface area (Å²) in [5.74, 6) is -1.23. The van der Waals surface area contributed by atoms with Crippen LogP contribution >= 0.6 is 19.2 Å². The fraction of sp³-hybridized carbons (Fsp3) is 0.364. The molecule has 0 aliphatic rings. The van der Waals surface area contributed by atoms with Gasteiger partial charge in [-0.2, -0.15) is 0 Å². The zero-order valence-corrected chi connectivity index (χ0v) is 19.8. The average Bonchev–Trinajstić information content (AvgIpc) is 2.74. The predicted molar refractivity (Wildman–Crippen MR) is 122 cm³/mol. The molecule has 0 aliphatic heterocycles. The second kappa shape index (κ2) is 12.0. The van der Waals surface area contributed by atoms with Gasteiger partial charge in [0, 0.05) is 12.0 Å². The number of ether oxygens (including phenoxy) is 1. The maximum Gasteiger partial charge on any atom is 0.335 e. The van der Waals surface area contributed by atoms with Gasteiger partial charge >= 0.3 is 13.6 Å². The van der Waals surface area contributed by atoms with Gasteiger partial charge in [-0.1, -0.05) is 29.8 Å². The first-order chi connectivity index (χ1) is 15.2. The molecule has 32 heavy (non-hydrogen) atoms. The van der Waals surface area contributed by atoms with E-state index >= 15 is 0 Å². The number of hydrogen-bond acceptors (Lipinski definition) is 6. The summed E-state index contributed by atoms with van der Waals surface area (Å²) in [5.41, 5.74) is 1.59. The van der Waals surface area contributed by atoms with Crippen LogP contribution in [0.4, 0.5) is 0 Å². The van der Waals surface area contributed by atoms with Crippen molar-refractivity contribution in [3.05, 3.63) is 64.2 Å². The van der Waals surface area contributed by atoms with Gasteiger partial charge in [0.1, 0.15) is 11.8 Å². The molecular weight excluding hydrogens is 457 g/mol. The van der Waals surface area contributed by atoms with E-state index in [0.717, 1.165) is 0 Å². The van der Waals surface area contributed by atoms with E-state index < -0.39 is 25.5 Å². The number of halogens is 1. The smallest absolute Gasteiger partial charge is 0.335 e. The van der Waals surface area contributed by atoms with E-state index in [1.165, 1.54) is 19.2 Å². The van der Waals surface area contributed by atoms with Crippen molar-refractivity contribution < 1.29 is 33.0 Å². The molecular formula is C22H27ClNO7P. The molecule has 0 aliphatic carbocycles. The number of methoxy groups -OCH3 is 1. The third-order valence-corrected chi connectivity index (χ3v) is 6.85. The van der Waals surface area contributed by atoms with Crippen LogP contribution in [0.15, 0.2) is 42.5 Å². The first-order valence-electron chi connectivity index (χ1n) is 10.0. The van der Waals surface area contributed by atoms with E-state index in [-0.39, 0.29) is 31.4 Å². The van der Waals surface area contributed by atoms with E-state index in [2.05, 4.69) is 5.32 Å². The molecule has 2 aromatic carbocycles. The van der Waals surface area contributed by atoms with Gasteiger partial charge in [-0.25, -0.2) is 4.79 Å². The summed E-state index contributed by atoms with van der Waals surface area (Å²) in [6, 6.07) is 10.1. The molecule has 0 fully saturated rings. The van der Waals surface area contributed by atoms with Gasteiger partial charge in [0.05, 0.1) is 31.5 Å². The third-order valence-electron chi connectivity index (χ3n) is 4.50. The summed E-state index contributed by atoms with van der Waals surface area (Å²) in [4.78, 5) is 24.3. The summed E-state index contributed by atoms with van der Waals surface area (Å²) < 4.78 is 28.3. The Labute approximate surface area is 192 Å². The number of benzene rings is 2. The highest BCUT2D eigenvalue weighted by molar-refractivity contribution is 7.53. The number of rotatable bonds is 12. The Morgan fingerprint density at radius 1 is 1.06 bits per heavy atom. The van der Waals surface area contributed by atoms with Crippen LogP contribution in [0.25, 0.3) is 0 Å². The molecule has 0 radical (unpaired) electrons. The lowest BCUT2D eigenvalue weighted by Gasteiger charge is -2.17. The van der Waals surface area contributed by atoms with E-state index in [1.807, 2.05) is 0 Å². The minimum Gasteiger partial charge on any atom is -0.495 e. The number of amides is 1. The molecule has 2 aromatic rings. The zero-order chi connectivity index (χ0) is 23.7. The molecule has 0 heterocycles. The van der Waals surface area contributed by atoms with Crippen molar-refractivity contribution in [3.8, 4) is 5.75 Å². The maximum atomic E-state index is 12.7. The van der Waals surface area contributed by atoms with Crippen LogP contribution in [0, 0.1) is 0 Å². The van der Waals surface area contributed by atoms with E-state index in [0.29, 0.717) is 21.9 Å². The SMILES string of the molecule is CCOP(=O)(Cc1ccc(C(=O)N[C@@H](Cc2ccc(OC)c(Cl)c2)C(=O)O)cc1)OCC. The molecule has 2 N–H and O–H groups in total. The molecule has 8 nitrogen and oxygen atoms in total. The van der Waals surface area contributed by atoms with Crippen LogP contribution in [0.5, 0.6) is 5.75 Å². The summed E-state index contributed by atoms with van der Waals surface area (Å²) in [6.07, 6.45) is 0.126. The number of carbonyl (C=O) groups is 2. The number of nitrogens with one attached hydrogen (secondary N) is 1. The summed E-state index contributed by atoms with van der Waals surface area (Å²) in [6.45, 7) is 3.98. The maximum absolute atomic E-state index is 12.7. The number of carboxylic acid groups (broad SMARTS) is 1. The van der Waals surface area contributed by atoms with Gasteiger partial charge < -0.3 is 24.2 Å². The van der Waals surface area contributed by atoms with Crippen molar-refractivity contribution >= 4 is 31.1 Å². The third kappa shape index (κ3) is 7.35. The number of aliphatic carboxylic acids is 1. The molecule has 1 amide bonds. The minimum absolute atomic E-state index is 0.0504. The molecule has 0 unspecified atom stereocenters. The first kappa shape index (κ1) is 25.9. The Hall–Kier alpha value is -2.38. The van der Waals surface area contributed by atoms with Crippen molar-refractivity contribution in [2.24, 2.45) is 0 Å². The molecule has 0 aromatic heterocycles. The lowest BCUT2D eigenvalue weighted by Crippen LogP contribution is -2.42. The molecule has 0 saturated heterocycles. The largest absolute Gasteiger partial charge is 0.495 e.